The van der Waals surface area contributed by atoms with E-state index in [4.69, 9.17) is 10.5 Å². The summed E-state index contributed by atoms with van der Waals surface area (Å²) in [6.45, 7) is 1.41. The number of hydrogen-bond donors (Lipinski definition) is 3. The highest BCUT2D eigenvalue weighted by Gasteiger charge is 2.29. The highest BCUT2D eigenvalue weighted by atomic mass is 16.6. The molecule has 0 aliphatic heterocycles. The van der Waals surface area contributed by atoms with Crippen LogP contribution in [0.4, 0.5) is 5.82 Å². The van der Waals surface area contributed by atoms with Crippen molar-refractivity contribution in [2.24, 2.45) is 5.10 Å². The van der Waals surface area contributed by atoms with E-state index in [-0.39, 0.29) is 17.3 Å². The van der Waals surface area contributed by atoms with E-state index in [0.717, 1.165) is 6.42 Å². The van der Waals surface area contributed by atoms with Gasteiger partial charge in [-0.2, -0.15) is 9.73 Å². The second-order valence-corrected chi connectivity index (χ2v) is 5.99. The van der Waals surface area contributed by atoms with Crippen LogP contribution in [-0.2, 0) is 11.2 Å². The van der Waals surface area contributed by atoms with Gasteiger partial charge in [-0.1, -0.05) is 6.92 Å². The second kappa shape index (κ2) is 9.27. The quantitative estimate of drug-likeness (QED) is 0.212. The molecule has 2 aromatic heterocycles. The number of hydrazone groups is 1. The van der Waals surface area contributed by atoms with Crippen LogP contribution < -0.4 is 25.7 Å². The molecule has 13 heteroatoms. The maximum absolute atomic E-state index is 12.5. The van der Waals surface area contributed by atoms with Gasteiger partial charge in [0.25, 0.3) is 11.5 Å². The van der Waals surface area contributed by atoms with Gasteiger partial charge in [0.1, 0.15) is 17.5 Å². The number of benzene rings is 1. The average Bonchev–Trinajstić information content (AvgIpc) is 3.33. The molecule has 0 saturated heterocycles. The molecule has 1 aromatic carbocycles. The van der Waals surface area contributed by atoms with Crippen LogP contribution in [0.15, 0.2) is 34.0 Å². The van der Waals surface area contributed by atoms with Crippen molar-refractivity contribution in [2.45, 2.75) is 19.8 Å². The minimum atomic E-state index is -1.31. The van der Waals surface area contributed by atoms with Crippen molar-refractivity contribution >= 4 is 23.9 Å². The third-order valence-electron chi connectivity index (χ3n) is 3.83. The first-order chi connectivity index (χ1) is 14.5. The number of nitrogen functional groups attached to an aromatic ring is 1. The number of anilines is 1. The maximum Gasteiger partial charge on any atom is 0.376 e. The lowest BCUT2D eigenvalue weighted by atomic mass is 10.2. The Bertz CT molecular complexity index is 1060. The van der Waals surface area contributed by atoms with Crippen molar-refractivity contribution in [3.8, 4) is 11.6 Å². The van der Waals surface area contributed by atoms with Gasteiger partial charge in [-0.3, -0.25) is 4.79 Å². The largest absolute Gasteiger partial charge is 0.546 e. The predicted octanol–water partition coefficient (Wildman–Crippen LogP) is -1.50. The Hall–Kier alpha value is -4.29. The number of amides is 1. The fourth-order valence-electron chi connectivity index (χ4n) is 2.51. The molecule has 0 aliphatic rings. The van der Waals surface area contributed by atoms with Crippen LogP contribution in [0, 0.1) is 0 Å². The lowest BCUT2D eigenvalue weighted by molar-refractivity contribution is -0.670. The lowest BCUT2D eigenvalue weighted by Gasteiger charge is -2.06. The van der Waals surface area contributed by atoms with Crippen molar-refractivity contribution in [1.82, 2.24) is 26.1 Å². The van der Waals surface area contributed by atoms with E-state index in [9.17, 15) is 14.7 Å². The molecule has 13 nitrogen and oxygen atoms in total. The Balaban J connectivity index is 1.68. The topological polar surface area (TPSA) is 188 Å². The number of carbonyl (C=O) groups excluding carboxylic acids is 2. The smallest absolute Gasteiger partial charge is 0.376 e. The van der Waals surface area contributed by atoms with Crippen LogP contribution in [0.3, 0.4) is 0 Å². The molecule has 2 heterocycles. The first kappa shape index (κ1) is 20.4. The maximum atomic E-state index is 12.5. The molecule has 1 amide bonds. The van der Waals surface area contributed by atoms with Crippen molar-refractivity contribution in [3.63, 3.8) is 0 Å². The number of aliphatic carboxylic acids is 1. The highest BCUT2D eigenvalue weighted by Crippen LogP contribution is 2.11. The molecule has 0 atom stereocenters. The number of H-pyrrole nitrogens is 1. The molecule has 3 aromatic rings. The fraction of sp³-hybridized carbons (Fsp3) is 0.235. The Morgan fingerprint density at radius 1 is 1.37 bits per heavy atom. The summed E-state index contributed by atoms with van der Waals surface area (Å²) in [6, 6.07) is 6.42. The number of aromatic nitrogens is 5. The van der Waals surface area contributed by atoms with Crippen molar-refractivity contribution in [1.29, 1.82) is 0 Å². The zero-order valence-corrected chi connectivity index (χ0v) is 15.9. The second-order valence-electron chi connectivity index (χ2n) is 5.99. The van der Waals surface area contributed by atoms with Crippen LogP contribution >= 0.6 is 0 Å². The first-order valence-electron chi connectivity index (χ1n) is 8.83. The summed E-state index contributed by atoms with van der Waals surface area (Å²) < 4.78 is 11.0. The van der Waals surface area contributed by atoms with E-state index in [1.807, 2.05) is 6.92 Å². The lowest BCUT2D eigenvalue weighted by Crippen LogP contribution is -2.39. The molecule has 0 aliphatic carbocycles. The standard InChI is InChI=1S/C17H18N8O5/c1-2-3-12-14(20-24-25(12)16-15(18)22-30-23-16)17(28)21-19-8-10-4-6-11(7-5-10)29-9-13(26)27/h4-8H,2-3,9H2,1H3,(H4,18,21,22,26,27,28). The summed E-state index contributed by atoms with van der Waals surface area (Å²) in [5.74, 6) is -1.22. The van der Waals surface area contributed by atoms with E-state index < -0.39 is 18.5 Å². The van der Waals surface area contributed by atoms with Gasteiger partial charge >= 0.3 is 11.7 Å². The highest BCUT2D eigenvalue weighted by molar-refractivity contribution is 5.93. The van der Waals surface area contributed by atoms with Crippen molar-refractivity contribution in [2.75, 3.05) is 12.3 Å². The van der Waals surface area contributed by atoms with Gasteiger partial charge < -0.3 is 20.4 Å². The minimum absolute atomic E-state index is 0.0537. The van der Waals surface area contributed by atoms with Gasteiger partial charge in [-0.15, -0.1) is 9.90 Å². The van der Waals surface area contributed by atoms with Gasteiger partial charge in [-0.25, -0.2) is 5.43 Å². The van der Waals surface area contributed by atoms with E-state index in [1.165, 1.54) is 10.9 Å². The minimum Gasteiger partial charge on any atom is -0.546 e. The molecule has 0 unspecified atom stereocenters. The number of carbonyl (C=O) groups is 2. The number of hydrogen-bond acceptors (Lipinski definition) is 10. The molecule has 0 radical (unpaired) electrons. The first-order valence-corrected chi connectivity index (χ1v) is 8.83. The number of nitrogens with one attached hydrogen (secondary N) is 2. The molecule has 4 N–H and O–H groups in total. The number of nitrogens with zero attached hydrogens (tertiary/aromatic N) is 5. The van der Waals surface area contributed by atoms with E-state index in [2.05, 4.69) is 35.8 Å². The fourth-order valence-corrected chi connectivity index (χ4v) is 2.51. The zero-order chi connectivity index (χ0) is 21.5. The van der Waals surface area contributed by atoms with Crippen molar-refractivity contribution in [3.05, 3.63) is 41.2 Å². The van der Waals surface area contributed by atoms with Crippen LogP contribution in [0.2, 0.25) is 0 Å². The molecule has 0 bridgehead atoms. The Morgan fingerprint density at radius 3 is 2.77 bits per heavy atom. The summed E-state index contributed by atoms with van der Waals surface area (Å²) in [5.41, 5.74) is 9.44. The monoisotopic (exact) mass is 414 g/mol. The summed E-state index contributed by atoms with van der Waals surface area (Å²) in [6.07, 6.45) is 2.67. The third kappa shape index (κ3) is 4.76. The van der Waals surface area contributed by atoms with Gasteiger partial charge in [0.2, 0.25) is 0 Å². The Morgan fingerprint density at radius 2 is 2.13 bits per heavy atom. The predicted molar refractivity (Wildman–Crippen MR) is 98.4 cm³/mol. The Labute approximate surface area is 169 Å². The molecule has 3 rings (SSSR count). The molecular weight excluding hydrogens is 396 g/mol. The molecule has 156 valence electrons. The van der Waals surface area contributed by atoms with Gasteiger partial charge in [0, 0.05) is 6.42 Å². The van der Waals surface area contributed by atoms with Crippen LogP contribution in [0.5, 0.6) is 5.75 Å². The number of carboxylic acid groups (broad SMARTS) is 1. The summed E-state index contributed by atoms with van der Waals surface area (Å²) >= 11 is 0. The Kier molecular flexibility index (Phi) is 6.32. The van der Waals surface area contributed by atoms with Gasteiger partial charge in [0.05, 0.1) is 12.2 Å². The average molecular weight is 414 g/mol. The zero-order valence-electron chi connectivity index (χ0n) is 15.9. The van der Waals surface area contributed by atoms with E-state index in [0.29, 0.717) is 23.4 Å². The molecule has 30 heavy (non-hydrogen) atoms. The number of nitrogens with two attached hydrogens (primary N) is 1. The van der Waals surface area contributed by atoms with Gasteiger partial charge in [0.15, 0.2) is 5.69 Å². The molecule has 0 saturated carbocycles. The van der Waals surface area contributed by atoms with E-state index >= 15 is 0 Å². The van der Waals surface area contributed by atoms with Crippen LogP contribution in [-0.4, -0.2) is 45.3 Å². The number of ether oxygens (including phenoxy) is 1. The van der Waals surface area contributed by atoms with E-state index in [1.54, 1.807) is 24.3 Å². The molecule has 0 fully saturated rings. The number of carboxylic acids is 1. The summed E-state index contributed by atoms with van der Waals surface area (Å²) in [5, 5.41) is 28.2. The third-order valence-corrected chi connectivity index (χ3v) is 3.83. The van der Waals surface area contributed by atoms with Crippen molar-refractivity contribution < 1.29 is 28.7 Å². The number of rotatable bonds is 9. The van der Waals surface area contributed by atoms with Gasteiger partial charge in [-0.05, 0) is 46.5 Å². The molecule has 0 spiro atoms. The number of aromatic amines is 1. The molecular formula is C17H18N8O5. The normalized spacial score (nSPS) is 11.0. The van der Waals surface area contributed by atoms with Crippen LogP contribution in [0.1, 0.15) is 35.1 Å². The SMILES string of the molecule is CCCc1c(C(=O)NN=Cc2ccc(OCC(=O)[O-])cc2)n[nH][n+]1-c1nonc1N. The van der Waals surface area contributed by atoms with Crippen LogP contribution in [0.25, 0.3) is 5.82 Å². The summed E-state index contributed by atoms with van der Waals surface area (Å²) in [4.78, 5) is 22.9. The summed E-state index contributed by atoms with van der Waals surface area (Å²) in [7, 11) is 0.